The van der Waals surface area contributed by atoms with Gasteiger partial charge in [0, 0.05) is 0 Å². The SMILES string of the molecule is Cc1ccccc1COc1cc(C(F)(F)F)ccc1C. The standard InChI is InChI=1S/C16H15F3O/c1-11-5-3-4-6-13(11)10-20-15-9-14(16(17,18)19)8-7-12(15)2/h3-9H,10H2,1-2H3. The molecular weight excluding hydrogens is 265 g/mol. The molecule has 2 aromatic rings. The summed E-state index contributed by atoms with van der Waals surface area (Å²) in [4.78, 5) is 0. The lowest BCUT2D eigenvalue weighted by Gasteiger charge is -2.13. The van der Waals surface area contributed by atoms with Crippen LogP contribution in [0.2, 0.25) is 0 Å². The first-order chi connectivity index (χ1) is 9.38. The van der Waals surface area contributed by atoms with Crippen molar-refractivity contribution in [3.8, 4) is 5.75 Å². The zero-order valence-corrected chi connectivity index (χ0v) is 11.3. The Morgan fingerprint density at radius 2 is 1.65 bits per heavy atom. The van der Waals surface area contributed by atoms with Crippen LogP contribution < -0.4 is 4.74 Å². The van der Waals surface area contributed by atoms with E-state index in [1.165, 1.54) is 6.07 Å². The summed E-state index contributed by atoms with van der Waals surface area (Å²) in [6, 6.07) is 11.2. The van der Waals surface area contributed by atoms with Gasteiger partial charge in [0.2, 0.25) is 0 Å². The first kappa shape index (κ1) is 14.4. The van der Waals surface area contributed by atoms with Crippen LogP contribution in [-0.2, 0) is 12.8 Å². The molecule has 0 atom stereocenters. The second kappa shape index (κ2) is 5.57. The summed E-state index contributed by atoms with van der Waals surface area (Å²) in [6.45, 7) is 3.93. The largest absolute Gasteiger partial charge is 0.489 e. The van der Waals surface area contributed by atoms with Crippen molar-refractivity contribution in [2.45, 2.75) is 26.6 Å². The predicted octanol–water partition coefficient (Wildman–Crippen LogP) is 4.90. The molecule has 0 N–H and O–H groups in total. The highest BCUT2D eigenvalue weighted by Crippen LogP contribution is 2.33. The number of halogens is 3. The Labute approximate surface area is 116 Å². The molecule has 1 nitrogen and oxygen atoms in total. The van der Waals surface area contributed by atoms with E-state index >= 15 is 0 Å². The molecular formula is C16H15F3O. The molecule has 2 aromatic carbocycles. The van der Waals surface area contributed by atoms with Gasteiger partial charge in [-0.2, -0.15) is 13.2 Å². The molecule has 106 valence electrons. The number of alkyl halides is 3. The molecule has 0 heterocycles. The lowest BCUT2D eigenvalue weighted by Crippen LogP contribution is -2.06. The number of hydrogen-bond acceptors (Lipinski definition) is 1. The molecule has 0 aliphatic heterocycles. The van der Waals surface area contributed by atoms with E-state index in [1.807, 2.05) is 31.2 Å². The van der Waals surface area contributed by atoms with Gasteiger partial charge in [0.1, 0.15) is 12.4 Å². The molecule has 20 heavy (non-hydrogen) atoms. The molecule has 0 radical (unpaired) electrons. The summed E-state index contributed by atoms with van der Waals surface area (Å²) in [5, 5.41) is 0. The highest BCUT2D eigenvalue weighted by atomic mass is 19.4. The van der Waals surface area contributed by atoms with Crippen LogP contribution in [-0.4, -0.2) is 0 Å². The molecule has 0 aliphatic rings. The van der Waals surface area contributed by atoms with E-state index in [4.69, 9.17) is 4.74 Å². The van der Waals surface area contributed by atoms with Crippen LogP contribution in [0, 0.1) is 13.8 Å². The highest BCUT2D eigenvalue weighted by molar-refractivity contribution is 5.38. The summed E-state index contributed by atoms with van der Waals surface area (Å²) in [6.07, 6.45) is -4.35. The van der Waals surface area contributed by atoms with E-state index in [2.05, 4.69) is 0 Å². The Hall–Kier alpha value is -1.97. The van der Waals surface area contributed by atoms with E-state index in [-0.39, 0.29) is 12.4 Å². The Morgan fingerprint density at radius 1 is 0.950 bits per heavy atom. The maximum atomic E-state index is 12.7. The molecule has 0 saturated carbocycles. The minimum Gasteiger partial charge on any atom is -0.489 e. The third kappa shape index (κ3) is 3.32. The number of benzene rings is 2. The van der Waals surface area contributed by atoms with E-state index in [1.54, 1.807) is 6.92 Å². The maximum absolute atomic E-state index is 12.7. The third-order valence-electron chi connectivity index (χ3n) is 3.16. The number of aryl methyl sites for hydroxylation is 2. The predicted molar refractivity (Wildman–Crippen MR) is 71.7 cm³/mol. The lowest BCUT2D eigenvalue weighted by atomic mass is 10.1. The van der Waals surface area contributed by atoms with Crippen molar-refractivity contribution in [3.63, 3.8) is 0 Å². The van der Waals surface area contributed by atoms with Crippen molar-refractivity contribution < 1.29 is 17.9 Å². The van der Waals surface area contributed by atoms with Gasteiger partial charge in [-0.3, -0.25) is 0 Å². The van der Waals surface area contributed by atoms with Gasteiger partial charge in [0.25, 0.3) is 0 Å². The third-order valence-corrected chi connectivity index (χ3v) is 3.16. The molecule has 0 aliphatic carbocycles. The summed E-state index contributed by atoms with van der Waals surface area (Å²) >= 11 is 0. The molecule has 0 fully saturated rings. The summed E-state index contributed by atoms with van der Waals surface area (Å²) in [7, 11) is 0. The Kier molecular flexibility index (Phi) is 4.02. The monoisotopic (exact) mass is 280 g/mol. The molecule has 0 aromatic heterocycles. The highest BCUT2D eigenvalue weighted by Gasteiger charge is 2.31. The average Bonchev–Trinajstić information content (AvgIpc) is 2.38. The summed E-state index contributed by atoms with van der Waals surface area (Å²) < 4.78 is 43.6. The maximum Gasteiger partial charge on any atom is 0.416 e. The van der Waals surface area contributed by atoms with Crippen LogP contribution >= 0.6 is 0 Å². The fourth-order valence-electron chi connectivity index (χ4n) is 1.86. The van der Waals surface area contributed by atoms with Crippen molar-refractivity contribution in [1.29, 1.82) is 0 Å². The first-order valence-electron chi connectivity index (χ1n) is 6.23. The van der Waals surface area contributed by atoms with Gasteiger partial charge in [-0.15, -0.1) is 0 Å². The minimum absolute atomic E-state index is 0.259. The molecule has 0 bridgehead atoms. The van der Waals surface area contributed by atoms with Crippen molar-refractivity contribution >= 4 is 0 Å². The van der Waals surface area contributed by atoms with Crippen LogP contribution in [0.1, 0.15) is 22.3 Å². The van der Waals surface area contributed by atoms with E-state index in [9.17, 15) is 13.2 Å². The fourth-order valence-corrected chi connectivity index (χ4v) is 1.86. The molecule has 4 heteroatoms. The van der Waals surface area contributed by atoms with Crippen LogP contribution in [0.3, 0.4) is 0 Å². The topological polar surface area (TPSA) is 9.23 Å². The van der Waals surface area contributed by atoms with Crippen LogP contribution in [0.4, 0.5) is 13.2 Å². The van der Waals surface area contributed by atoms with Crippen LogP contribution in [0.15, 0.2) is 42.5 Å². The molecule has 0 unspecified atom stereocenters. The van der Waals surface area contributed by atoms with E-state index in [0.717, 1.165) is 23.3 Å². The fraction of sp³-hybridized carbons (Fsp3) is 0.250. The average molecular weight is 280 g/mol. The molecule has 2 rings (SSSR count). The first-order valence-corrected chi connectivity index (χ1v) is 6.23. The van der Waals surface area contributed by atoms with E-state index < -0.39 is 11.7 Å². The van der Waals surface area contributed by atoms with Gasteiger partial charge in [0.05, 0.1) is 5.56 Å². The number of hydrogen-bond donors (Lipinski definition) is 0. The van der Waals surface area contributed by atoms with Gasteiger partial charge in [-0.1, -0.05) is 30.3 Å². The molecule has 0 amide bonds. The van der Waals surface area contributed by atoms with Gasteiger partial charge in [0.15, 0.2) is 0 Å². The van der Waals surface area contributed by atoms with Crippen molar-refractivity contribution in [1.82, 2.24) is 0 Å². The van der Waals surface area contributed by atoms with Gasteiger partial charge < -0.3 is 4.74 Å². The summed E-state index contributed by atoms with van der Waals surface area (Å²) in [5.41, 5.74) is 2.01. The van der Waals surface area contributed by atoms with Crippen molar-refractivity contribution in [2.75, 3.05) is 0 Å². The number of rotatable bonds is 3. The molecule has 0 saturated heterocycles. The zero-order chi connectivity index (χ0) is 14.8. The van der Waals surface area contributed by atoms with Gasteiger partial charge >= 0.3 is 6.18 Å². The quantitative estimate of drug-likeness (QED) is 0.777. The summed E-state index contributed by atoms with van der Waals surface area (Å²) in [5.74, 6) is 0.267. The van der Waals surface area contributed by atoms with Gasteiger partial charge in [-0.05, 0) is 42.7 Å². The molecule has 0 spiro atoms. The second-order valence-electron chi connectivity index (χ2n) is 4.69. The van der Waals surface area contributed by atoms with Crippen molar-refractivity contribution in [2.24, 2.45) is 0 Å². The Balaban J connectivity index is 2.19. The van der Waals surface area contributed by atoms with Crippen molar-refractivity contribution in [3.05, 3.63) is 64.7 Å². The van der Waals surface area contributed by atoms with Crippen LogP contribution in [0.5, 0.6) is 5.75 Å². The van der Waals surface area contributed by atoms with E-state index in [0.29, 0.717) is 5.56 Å². The lowest BCUT2D eigenvalue weighted by molar-refractivity contribution is -0.137. The number of ether oxygens (including phenoxy) is 1. The normalized spacial score (nSPS) is 11.4. The smallest absolute Gasteiger partial charge is 0.416 e. The minimum atomic E-state index is -4.35. The Morgan fingerprint density at radius 3 is 2.30 bits per heavy atom. The van der Waals surface area contributed by atoms with Gasteiger partial charge in [-0.25, -0.2) is 0 Å². The Bertz CT molecular complexity index is 603. The zero-order valence-electron chi connectivity index (χ0n) is 11.3. The van der Waals surface area contributed by atoms with Crippen LogP contribution in [0.25, 0.3) is 0 Å². The second-order valence-corrected chi connectivity index (χ2v) is 4.69.